The maximum Gasteiger partial charge on any atom is 0.342 e. The average Bonchev–Trinajstić information content (AvgIpc) is 3.06. The van der Waals surface area contributed by atoms with Crippen molar-refractivity contribution < 1.29 is 18.7 Å². The fraction of sp³-hybridized carbons (Fsp3) is 0.583. The number of amides is 1. The first-order valence-corrected chi connectivity index (χ1v) is 11.5. The summed E-state index contributed by atoms with van der Waals surface area (Å²) in [6, 6.07) is 3.46. The van der Waals surface area contributed by atoms with Crippen LogP contribution in [0.4, 0.5) is 13.6 Å². The molecular weight excluding hydrogens is 414 g/mol. The van der Waals surface area contributed by atoms with Gasteiger partial charge in [-0.1, -0.05) is 0 Å². The number of aromatic nitrogens is 2. The van der Waals surface area contributed by atoms with Crippen molar-refractivity contribution >= 4 is 6.03 Å². The van der Waals surface area contributed by atoms with Gasteiger partial charge in [0.15, 0.2) is 11.6 Å². The molecule has 4 atom stereocenters. The second-order valence-electron chi connectivity index (χ2n) is 10.7. The Morgan fingerprint density at radius 2 is 1.94 bits per heavy atom. The third-order valence-electron chi connectivity index (χ3n) is 8.04. The van der Waals surface area contributed by atoms with Crippen molar-refractivity contribution in [3.8, 4) is 11.3 Å². The second-order valence-corrected chi connectivity index (χ2v) is 10.7. The van der Waals surface area contributed by atoms with Gasteiger partial charge in [-0.15, -0.1) is 0 Å². The lowest BCUT2D eigenvalue weighted by atomic mass is 9.51. The summed E-state index contributed by atoms with van der Waals surface area (Å²) in [6.45, 7) is 1.38. The molecule has 1 aromatic heterocycles. The molecule has 4 bridgehead atoms. The lowest BCUT2D eigenvalue weighted by Gasteiger charge is -2.60. The molecule has 1 amide bonds. The van der Waals surface area contributed by atoms with E-state index in [1.165, 1.54) is 10.7 Å². The van der Waals surface area contributed by atoms with Crippen LogP contribution in [0, 0.1) is 23.5 Å². The molecule has 5 aliphatic rings. The predicted octanol–water partition coefficient (Wildman–Crippen LogP) is 3.46. The first kappa shape index (κ1) is 20.3. The fourth-order valence-electron chi connectivity index (χ4n) is 7.24. The number of nitrogens with zero attached hydrogens (tertiary/aromatic N) is 3. The van der Waals surface area contributed by atoms with Gasteiger partial charge >= 0.3 is 6.03 Å². The zero-order valence-electron chi connectivity index (χ0n) is 18.2. The predicted molar refractivity (Wildman–Crippen MR) is 114 cm³/mol. The largest absolute Gasteiger partial charge is 0.390 e. The van der Waals surface area contributed by atoms with Gasteiger partial charge in [0.1, 0.15) is 0 Å². The quantitative estimate of drug-likeness (QED) is 0.748. The Hall–Kier alpha value is -2.32. The molecule has 4 fully saturated rings. The van der Waals surface area contributed by atoms with E-state index in [4.69, 9.17) is 0 Å². The number of likely N-dealkylation sites (N-methyl/N-ethyl adjacent to an activating group) is 1. The van der Waals surface area contributed by atoms with Crippen LogP contribution in [0.25, 0.3) is 11.3 Å². The molecule has 8 heteroatoms. The Labute approximate surface area is 185 Å². The smallest absolute Gasteiger partial charge is 0.342 e. The van der Waals surface area contributed by atoms with Crippen LogP contribution in [0.5, 0.6) is 0 Å². The lowest BCUT2D eigenvalue weighted by molar-refractivity contribution is -0.139. The van der Waals surface area contributed by atoms with Crippen LogP contribution in [-0.2, 0) is 13.0 Å². The van der Waals surface area contributed by atoms with E-state index >= 15 is 0 Å². The molecule has 6 nitrogen and oxygen atoms in total. The summed E-state index contributed by atoms with van der Waals surface area (Å²) in [4.78, 5) is 15.6. The minimum absolute atomic E-state index is 0.287. The van der Waals surface area contributed by atoms with Crippen molar-refractivity contribution in [3.63, 3.8) is 0 Å². The van der Waals surface area contributed by atoms with E-state index in [2.05, 4.69) is 15.3 Å². The molecule has 4 saturated carbocycles. The number of carbonyl (C=O) groups is 1. The number of halogens is 2. The fourth-order valence-corrected chi connectivity index (χ4v) is 7.24. The minimum Gasteiger partial charge on any atom is -0.390 e. The Kier molecular flexibility index (Phi) is 4.34. The molecule has 1 aromatic carbocycles. The van der Waals surface area contributed by atoms with E-state index in [1.54, 1.807) is 0 Å². The highest BCUT2D eigenvalue weighted by molar-refractivity contribution is 5.80. The highest BCUT2D eigenvalue weighted by Gasteiger charge is 2.57. The van der Waals surface area contributed by atoms with Crippen LogP contribution in [-0.4, -0.2) is 50.6 Å². The van der Waals surface area contributed by atoms with E-state index in [0.29, 0.717) is 42.5 Å². The molecule has 32 heavy (non-hydrogen) atoms. The maximum absolute atomic E-state index is 13.9. The molecular formula is C24H28F2N4O2. The number of aliphatic hydroxyl groups is 1. The van der Waals surface area contributed by atoms with Gasteiger partial charge in [0, 0.05) is 36.2 Å². The summed E-state index contributed by atoms with van der Waals surface area (Å²) in [5.74, 6) is -0.920. The van der Waals surface area contributed by atoms with E-state index < -0.39 is 17.2 Å². The lowest BCUT2D eigenvalue weighted by Crippen LogP contribution is -2.66. The zero-order valence-corrected chi connectivity index (χ0v) is 18.2. The number of hydrogen-bond acceptors (Lipinski definition) is 4. The maximum atomic E-state index is 13.9. The number of carbonyl (C=O) groups excluding carboxylic acids is 1. The standard InChI is InChI=1S/C24H28F2N4O2/c1-29-5-4-20-17(12-29)21(16-2-3-18(25)19(26)7-16)28-30(20)22(31)27-23-8-14-6-15(9-23)11-24(32,10-14)13-23/h2-3,7,14-15,32H,4-6,8-13H2,1H3,(H,27,31)/t14-,15+,23?,24?. The molecule has 0 saturated heterocycles. The summed E-state index contributed by atoms with van der Waals surface area (Å²) in [5.41, 5.74) is 1.63. The molecule has 1 aliphatic heterocycles. The van der Waals surface area contributed by atoms with Crippen LogP contribution < -0.4 is 5.32 Å². The minimum atomic E-state index is -0.929. The van der Waals surface area contributed by atoms with Crippen molar-refractivity contribution in [2.75, 3.05) is 13.6 Å². The number of hydrogen-bond donors (Lipinski definition) is 2. The molecule has 0 spiro atoms. The van der Waals surface area contributed by atoms with Crippen molar-refractivity contribution in [2.24, 2.45) is 11.8 Å². The van der Waals surface area contributed by atoms with Gasteiger partial charge < -0.3 is 15.3 Å². The van der Waals surface area contributed by atoms with E-state index in [9.17, 15) is 18.7 Å². The number of fused-ring (bicyclic) bond motifs is 1. The molecule has 2 aromatic rings. The Morgan fingerprint density at radius 1 is 1.19 bits per heavy atom. The number of rotatable bonds is 2. The van der Waals surface area contributed by atoms with Crippen LogP contribution in [0.15, 0.2) is 18.2 Å². The Balaban J connectivity index is 1.36. The van der Waals surface area contributed by atoms with Crippen molar-refractivity contribution in [1.29, 1.82) is 0 Å². The molecule has 7 rings (SSSR count). The topological polar surface area (TPSA) is 70.4 Å². The zero-order chi connectivity index (χ0) is 22.3. The van der Waals surface area contributed by atoms with E-state index in [1.807, 2.05) is 7.05 Å². The summed E-state index contributed by atoms with van der Waals surface area (Å²) in [5, 5.41) is 18.9. The summed E-state index contributed by atoms with van der Waals surface area (Å²) >= 11 is 0. The SMILES string of the molecule is CN1CCc2c(c(-c3ccc(F)c(F)c3)nn2C(=O)NC23C[C@@H]4C[C@@H](CC(O)(C4)C2)C3)C1. The van der Waals surface area contributed by atoms with Gasteiger partial charge in [0.2, 0.25) is 0 Å². The van der Waals surface area contributed by atoms with Crippen LogP contribution >= 0.6 is 0 Å². The second kappa shape index (κ2) is 6.84. The highest BCUT2D eigenvalue weighted by Crippen LogP contribution is 2.57. The first-order chi connectivity index (χ1) is 15.2. The summed E-state index contributed by atoms with van der Waals surface area (Å²) in [6.07, 6.45) is 5.87. The molecule has 0 radical (unpaired) electrons. The molecule has 170 valence electrons. The molecule has 2 N–H and O–H groups in total. The normalized spacial score (nSPS) is 33.4. The third kappa shape index (κ3) is 3.18. The Morgan fingerprint density at radius 3 is 2.62 bits per heavy atom. The molecule has 2 heterocycles. The Bertz CT molecular complexity index is 1100. The van der Waals surface area contributed by atoms with Gasteiger partial charge in [0.25, 0.3) is 0 Å². The van der Waals surface area contributed by atoms with Gasteiger partial charge in [-0.2, -0.15) is 9.78 Å². The van der Waals surface area contributed by atoms with Crippen molar-refractivity contribution in [2.45, 2.75) is 62.6 Å². The summed E-state index contributed by atoms with van der Waals surface area (Å²) in [7, 11) is 1.99. The average molecular weight is 443 g/mol. The van der Waals surface area contributed by atoms with E-state index in [0.717, 1.165) is 62.0 Å². The highest BCUT2D eigenvalue weighted by atomic mass is 19.2. The number of benzene rings is 1. The molecule has 2 unspecified atom stereocenters. The van der Waals surface area contributed by atoms with Crippen LogP contribution in [0.1, 0.15) is 49.8 Å². The van der Waals surface area contributed by atoms with Crippen LogP contribution in [0.2, 0.25) is 0 Å². The van der Waals surface area contributed by atoms with Gasteiger partial charge in [-0.25, -0.2) is 13.6 Å². The summed E-state index contributed by atoms with van der Waals surface area (Å²) < 4.78 is 28.9. The molecule has 4 aliphatic carbocycles. The van der Waals surface area contributed by atoms with Gasteiger partial charge in [0.05, 0.1) is 17.0 Å². The van der Waals surface area contributed by atoms with Crippen molar-refractivity contribution in [1.82, 2.24) is 20.0 Å². The third-order valence-corrected chi connectivity index (χ3v) is 8.04. The first-order valence-electron chi connectivity index (χ1n) is 11.5. The van der Waals surface area contributed by atoms with E-state index in [-0.39, 0.29) is 11.6 Å². The van der Waals surface area contributed by atoms with Crippen molar-refractivity contribution in [3.05, 3.63) is 41.1 Å². The monoisotopic (exact) mass is 442 g/mol. The van der Waals surface area contributed by atoms with Gasteiger partial charge in [-0.05, 0) is 75.6 Å². The number of nitrogens with one attached hydrogen (secondary N) is 1. The van der Waals surface area contributed by atoms with Gasteiger partial charge in [-0.3, -0.25) is 0 Å². The van der Waals surface area contributed by atoms with Crippen LogP contribution in [0.3, 0.4) is 0 Å².